The van der Waals surface area contributed by atoms with E-state index in [1.165, 1.54) is 0 Å². The Morgan fingerprint density at radius 2 is 1.81 bits per heavy atom. The highest BCUT2D eigenvalue weighted by Gasteiger charge is 2.31. The van der Waals surface area contributed by atoms with Crippen molar-refractivity contribution in [2.45, 2.75) is 32.1 Å². The molecule has 0 unspecified atom stereocenters. The van der Waals surface area contributed by atoms with E-state index in [0.717, 1.165) is 43.4 Å². The van der Waals surface area contributed by atoms with Crippen molar-refractivity contribution >= 4 is 11.8 Å². The minimum Gasteiger partial charge on any atom is -0.496 e. The highest BCUT2D eigenvalue weighted by atomic mass is 16.5. The predicted octanol–water partition coefficient (Wildman–Crippen LogP) is 2.02. The molecule has 2 amide bonds. The molecule has 0 saturated carbocycles. The zero-order valence-corrected chi connectivity index (χ0v) is 16.1. The molecule has 3 rings (SSSR count). The highest BCUT2D eigenvalue weighted by molar-refractivity contribution is 5.81. The van der Waals surface area contributed by atoms with Crippen LogP contribution in [0, 0.1) is 11.8 Å². The molecule has 2 aliphatic heterocycles. The van der Waals surface area contributed by atoms with Crippen molar-refractivity contribution in [2.75, 3.05) is 40.0 Å². The third-order valence-electron chi connectivity index (χ3n) is 5.63. The maximum Gasteiger partial charge on any atom is 0.225 e. The van der Waals surface area contributed by atoms with Crippen molar-refractivity contribution in [1.82, 2.24) is 10.2 Å². The van der Waals surface area contributed by atoms with Crippen molar-refractivity contribution in [3.8, 4) is 5.75 Å². The Hall–Kier alpha value is -2.08. The lowest BCUT2D eigenvalue weighted by Gasteiger charge is -2.34. The fraction of sp³-hybridized carbons (Fsp3) is 0.619. The summed E-state index contributed by atoms with van der Waals surface area (Å²) in [4.78, 5) is 27.0. The van der Waals surface area contributed by atoms with E-state index in [2.05, 4.69) is 5.32 Å². The number of amides is 2. The first-order valence-corrected chi connectivity index (χ1v) is 9.95. The molecule has 2 aliphatic rings. The van der Waals surface area contributed by atoms with E-state index in [9.17, 15) is 9.59 Å². The average molecular weight is 374 g/mol. The Morgan fingerprint density at radius 1 is 1.11 bits per heavy atom. The largest absolute Gasteiger partial charge is 0.496 e. The summed E-state index contributed by atoms with van der Waals surface area (Å²) in [7, 11) is 1.66. The first-order chi connectivity index (χ1) is 13.2. The van der Waals surface area contributed by atoms with E-state index in [4.69, 9.17) is 9.47 Å². The Labute approximate surface area is 161 Å². The monoisotopic (exact) mass is 374 g/mol. The van der Waals surface area contributed by atoms with Crippen molar-refractivity contribution in [1.29, 1.82) is 0 Å². The standard InChI is InChI=1S/C21H30N2O4/c1-26-19-5-3-2-4-16(19)6-11-22-20(24)17-7-12-23(13-8-17)21(25)18-9-14-27-15-10-18/h2-5,17-18H,6-15H2,1H3,(H,22,24). The topological polar surface area (TPSA) is 67.9 Å². The summed E-state index contributed by atoms with van der Waals surface area (Å²) in [6, 6.07) is 7.87. The van der Waals surface area contributed by atoms with E-state index >= 15 is 0 Å². The van der Waals surface area contributed by atoms with Crippen molar-refractivity contribution in [2.24, 2.45) is 11.8 Å². The molecule has 2 saturated heterocycles. The van der Waals surface area contributed by atoms with Gasteiger partial charge in [-0.3, -0.25) is 9.59 Å². The molecule has 1 aromatic rings. The van der Waals surface area contributed by atoms with Gasteiger partial charge in [-0.05, 0) is 43.7 Å². The van der Waals surface area contributed by atoms with E-state index in [0.29, 0.717) is 32.8 Å². The molecule has 148 valence electrons. The van der Waals surface area contributed by atoms with Gasteiger partial charge in [0.25, 0.3) is 0 Å². The van der Waals surface area contributed by atoms with Crippen LogP contribution in [0.25, 0.3) is 0 Å². The summed E-state index contributed by atoms with van der Waals surface area (Å²) in [5.41, 5.74) is 1.09. The van der Waals surface area contributed by atoms with Crippen LogP contribution in [0.4, 0.5) is 0 Å². The molecule has 6 heteroatoms. The molecule has 0 spiro atoms. The molecule has 1 N–H and O–H groups in total. The van der Waals surface area contributed by atoms with E-state index in [1.54, 1.807) is 7.11 Å². The number of rotatable bonds is 6. The molecule has 6 nitrogen and oxygen atoms in total. The molecule has 1 aromatic carbocycles. The summed E-state index contributed by atoms with van der Waals surface area (Å²) >= 11 is 0. The van der Waals surface area contributed by atoms with Crippen LogP contribution in [0.3, 0.4) is 0 Å². The van der Waals surface area contributed by atoms with Crippen LogP contribution < -0.4 is 10.1 Å². The summed E-state index contributed by atoms with van der Waals surface area (Å²) in [5, 5.41) is 3.05. The van der Waals surface area contributed by atoms with Crippen molar-refractivity contribution < 1.29 is 19.1 Å². The number of carbonyl (C=O) groups excluding carboxylic acids is 2. The lowest BCUT2D eigenvalue weighted by atomic mass is 9.93. The molecule has 0 bridgehead atoms. The number of carbonyl (C=O) groups is 2. The Balaban J connectivity index is 1.40. The summed E-state index contributed by atoms with van der Waals surface area (Å²) < 4.78 is 10.7. The number of ether oxygens (including phenoxy) is 2. The second-order valence-electron chi connectivity index (χ2n) is 7.34. The molecule has 0 aromatic heterocycles. The first kappa shape index (κ1) is 19.7. The summed E-state index contributed by atoms with van der Waals surface area (Å²) in [6.45, 7) is 3.32. The maximum absolute atomic E-state index is 12.6. The quantitative estimate of drug-likeness (QED) is 0.827. The number of piperidine rings is 1. The van der Waals surface area contributed by atoms with Crippen LogP contribution in [0.2, 0.25) is 0 Å². The van der Waals surface area contributed by atoms with Gasteiger partial charge in [-0.15, -0.1) is 0 Å². The van der Waals surface area contributed by atoms with Gasteiger partial charge in [-0.1, -0.05) is 18.2 Å². The molecule has 27 heavy (non-hydrogen) atoms. The van der Waals surface area contributed by atoms with Gasteiger partial charge in [0.2, 0.25) is 11.8 Å². The number of likely N-dealkylation sites (tertiary alicyclic amines) is 1. The zero-order chi connectivity index (χ0) is 19.1. The Kier molecular flexibility index (Phi) is 7.10. The maximum atomic E-state index is 12.6. The SMILES string of the molecule is COc1ccccc1CCNC(=O)C1CCN(C(=O)C2CCOCC2)CC1. The van der Waals surface area contributed by atoms with Gasteiger partial charge in [0.15, 0.2) is 0 Å². The number of benzene rings is 1. The lowest BCUT2D eigenvalue weighted by Crippen LogP contribution is -2.46. The van der Waals surface area contributed by atoms with Gasteiger partial charge in [0.05, 0.1) is 7.11 Å². The minimum atomic E-state index is 0.00130. The smallest absolute Gasteiger partial charge is 0.225 e. The van der Waals surface area contributed by atoms with Crippen LogP contribution >= 0.6 is 0 Å². The fourth-order valence-electron chi connectivity index (χ4n) is 3.94. The second kappa shape index (κ2) is 9.74. The van der Waals surface area contributed by atoms with Gasteiger partial charge in [0.1, 0.15) is 5.75 Å². The van der Waals surface area contributed by atoms with Crippen molar-refractivity contribution in [3.05, 3.63) is 29.8 Å². The molecule has 0 radical (unpaired) electrons. The van der Waals surface area contributed by atoms with E-state index in [-0.39, 0.29) is 23.7 Å². The second-order valence-corrected chi connectivity index (χ2v) is 7.34. The van der Waals surface area contributed by atoms with Crippen LogP contribution in [-0.4, -0.2) is 56.7 Å². The molecule has 0 atom stereocenters. The van der Waals surface area contributed by atoms with Gasteiger partial charge in [-0.2, -0.15) is 0 Å². The number of nitrogens with zero attached hydrogens (tertiary/aromatic N) is 1. The van der Waals surface area contributed by atoms with E-state index in [1.807, 2.05) is 29.2 Å². The van der Waals surface area contributed by atoms with Crippen LogP contribution in [0.1, 0.15) is 31.2 Å². The Morgan fingerprint density at radius 3 is 2.52 bits per heavy atom. The van der Waals surface area contributed by atoms with Crippen LogP contribution in [-0.2, 0) is 20.7 Å². The number of methoxy groups -OCH3 is 1. The highest BCUT2D eigenvalue weighted by Crippen LogP contribution is 2.23. The molecule has 0 aliphatic carbocycles. The van der Waals surface area contributed by atoms with Gasteiger partial charge >= 0.3 is 0 Å². The summed E-state index contributed by atoms with van der Waals surface area (Å²) in [5.74, 6) is 1.30. The number of hydrogen-bond donors (Lipinski definition) is 1. The fourth-order valence-corrected chi connectivity index (χ4v) is 3.94. The van der Waals surface area contributed by atoms with Gasteiger partial charge in [-0.25, -0.2) is 0 Å². The first-order valence-electron chi connectivity index (χ1n) is 9.95. The number of para-hydroxylation sites is 1. The molecular formula is C21H30N2O4. The predicted molar refractivity (Wildman–Crippen MR) is 103 cm³/mol. The third kappa shape index (κ3) is 5.22. The lowest BCUT2D eigenvalue weighted by molar-refractivity contribution is -0.141. The van der Waals surface area contributed by atoms with E-state index < -0.39 is 0 Å². The average Bonchev–Trinajstić information content (AvgIpc) is 2.74. The minimum absolute atomic E-state index is 0.00130. The Bertz CT molecular complexity index is 635. The van der Waals surface area contributed by atoms with Gasteiger partial charge < -0.3 is 19.7 Å². The summed E-state index contributed by atoms with van der Waals surface area (Å²) in [6.07, 6.45) is 3.88. The van der Waals surface area contributed by atoms with Gasteiger partial charge in [0, 0.05) is 44.7 Å². The number of nitrogens with one attached hydrogen (secondary N) is 1. The molecule has 2 fully saturated rings. The molecule has 2 heterocycles. The third-order valence-corrected chi connectivity index (χ3v) is 5.63. The zero-order valence-electron chi connectivity index (χ0n) is 16.1. The van der Waals surface area contributed by atoms with Crippen LogP contribution in [0.15, 0.2) is 24.3 Å². The van der Waals surface area contributed by atoms with Crippen molar-refractivity contribution in [3.63, 3.8) is 0 Å². The number of hydrogen-bond acceptors (Lipinski definition) is 4. The van der Waals surface area contributed by atoms with Crippen LogP contribution in [0.5, 0.6) is 5.75 Å². The molecular weight excluding hydrogens is 344 g/mol. The normalized spacial score (nSPS) is 18.9.